The van der Waals surface area contributed by atoms with Crippen LogP contribution in [0.2, 0.25) is 0 Å². The van der Waals surface area contributed by atoms with E-state index in [1.54, 1.807) is 0 Å². The second-order valence-electron chi connectivity index (χ2n) is 4.22. The van der Waals surface area contributed by atoms with Crippen molar-refractivity contribution in [3.05, 3.63) is 35.5 Å². The second-order valence-corrected chi connectivity index (χ2v) is 4.22. The van der Waals surface area contributed by atoms with E-state index in [9.17, 15) is 4.79 Å². The van der Waals surface area contributed by atoms with E-state index in [2.05, 4.69) is 31.0 Å². The van der Waals surface area contributed by atoms with Gasteiger partial charge in [0.15, 0.2) is 0 Å². The summed E-state index contributed by atoms with van der Waals surface area (Å²) in [4.78, 5) is 14.1. The Morgan fingerprint density at radius 2 is 2.12 bits per heavy atom. The molecule has 1 unspecified atom stereocenters. The van der Waals surface area contributed by atoms with Gasteiger partial charge in [-0.1, -0.05) is 25.1 Å². The van der Waals surface area contributed by atoms with E-state index in [1.807, 2.05) is 12.1 Å². The number of para-hydroxylation sites is 1. The van der Waals surface area contributed by atoms with Gasteiger partial charge in [0.25, 0.3) is 0 Å². The first kappa shape index (κ1) is 10.9. The predicted molar refractivity (Wildman–Crippen MR) is 66.7 cm³/mol. The minimum atomic E-state index is 0.341. The van der Waals surface area contributed by atoms with Gasteiger partial charge >= 0.3 is 0 Å². The van der Waals surface area contributed by atoms with Crippen LogP contribution in [0.15, 0.2) is 24.3 Å². The van der Waals surface area contributed by atoms with Crippen LogP contribution < -0.4 is 0 Å². The zero-order valence-electron chi connectivity index (χ0n) is 9.79. The summed E-state index contributed by atoms with van der Waals surface area (Å²) in [5.74, 6) is 0.341. The summed E-state index contributed by atoms with van der Waals surface area (Å²) in [5, 5.41) is 1.26. The van der Waals surface area contributed by atoms with Crippen molar-refractivity contribution in [3.63, 3.8) is 0 Å². The van der Waals surface area contributed by atoms with Gasteiger partial charge < -0.3 is 9.78 Å². The van der Waals surface area contributed by atoms with Gasteiger partial charge in [0.1, 0.15) is 6.29 Å². The molecule has 1 N–H and O–H groups in total. The zero-order chi connectivity index (χ0) is 11.5. The molecular weight excluding hydrogens is 198 g/mol. The Morgan fingerprint density at radius 3 is 2.81 bits per heavy atom. The molecule has 1 aromatic carbocycles. The largest absolute Gasteiger partial charge is 0.358 e. The van der Waals surface area contributed by atoms with Crippen molar-refractivity contribution in [3.8, 4) is 0 Å². The van der Waals surface area contributed by atoms with Gasteiger partial charge in [-0.3, -0.25) is 0 Å². The average molecular weight is 215 g/mol. The number of aromatic amines is 1. The predicted octanol–water partition coefficient (Wildman–Crippen LogP) is 3.56. The summed E-state index contributed by atoms with van der Waals surface area (Å²) in [7, 11) is 0. The van der Waals surface area contributed by atoms with Crippen molar-refractivity contribution in [2.45, 2.75) is 32.6 Å². The maximum Gasteiger partial charge on any atom is 0.120 e. The number of benzene rings is 1. The smallest absolute Gasteiger partial charge is 0.120 e. The molecule has 1 aromatic heterocycles. The molecule has 0 saturated heterocycles. The van der Waals surface area contributed by atoms with E-state index < -0.39 is 0 Å². The molecule has 1 atom stereocenters. The first-order valence-electron chi connectivity index (χ1n) is 5.78. The van der Waals surface area contributed by atoms with E-state index in [0.29, 0.717) is 12.3 Å². The molecule has 0 bridgehead atoms. The summed E-state index contributed by atoms with van der Waals surface area (Å²) < 4.78 is 0. The molecule has 0 saturated carbocycles. The van der Waals surface area contributed by atoms with Crippen molar-refractivity contribution in [1.82, 2.24) is 4.98 Å². The van der Waals surface area contributed by atoms with Crippen LogP contribution in [0.25, 0.3) is 10.9 Å². The minimum Gasteiger partial charge on any atom is -0.358 e. The maximum atomic E-state index is 10.7. The molecular formula is C14H17NO. The van der Waals surface area contributed by atoms with Crippen LogP contribution in [0.1, 0.15) is 36.9 Å². The number of hydrogen-bond acceptors (Lipinski definition) is 1. The summed E-state index contributed by atoms with van der Waals surface area (Å²) in [6.45, 7) is 4.22. The molecule has 2 aromatic rings. The van der Waals surface area contributed by atoms with Crippen molar-refractivity contribution in [2.75, 3.05) is 0 Å². The number of aldehydes is 1. The number of hydrogen-bond donors (Lipinski definition) is 1. The molecule has 0 spiro atoms. The fraction of sp³-hybridized carbons (Fsp3) is 0.357. The fourth-order valence-electron chi connectivity index (χ4n) is 2.43. The lowest BCUT2D eigenvalue weighted by Crippen LogP contribution is -1.99. The topological polar surface area (TPSA) is 32.9 Å². The Kier molecular flexibility index (Phi) is 3.09. The van der Waals surface area contributed by atoms with Gasteiger partial charge in [0, 0.05) is 23.0 Å². The molecule has 0 aliphatic heterocycles. The van der Waals surface area contributed by atoms with Crippen molar-refractivity contribution in [2.24, 2.45) is 0 Å². The van der Waals surface area contributed by atoms with Crippen LogP contribution in [-0.2, 0) is 4.79 Å². The Labute approximate surface area is 95.7 Å². The lowest BCUT2D eigenvalue weighted by molar-refractivity contribution is -0.108. The first-order chi connectivity index (χ1) is 7.77. The number of aryl methyl sites for hydroxylation is 1. The summed E-state index contributed by atoms with van der Waals surface area (Å²) in [6, 6.07) is 8.29. The third-order valence-corrected chi connectivity index (χ3v) is 3.23. The molecule has 0 fully saturated rings. The molecule has 2 nitrogen and oxygen atoms in total. The molecule has 0 radical (unpaired) electrons. The van der Waals surface area contributed by atoms with E-state index in [0.717, 1.165) is 12.7 Å². The first-order valence-corrected chi connectivity index (χ1v) is 5.78. The normalized spacial score (nSPS) is 12.9. The number of H-pyrrole nitrogens is 1. The van der Waals surface area contributed by atoms with E-state index in [4.69, 9.17) is 0 Å². The van der Waals surface area contributed by atoms with Gasteiger partial charge in [-0.15, -0.1) is 0 Å². The lowest BCUT2D eigenvalue weighted by atomic mass is 9.91. The van der Waals surface area contributed by atoms with Crippen LogP contribution >= 0.6 is 0 Å². The molecule has 2 heteroatoms. The third-order valence-electron chi connectivity index (χ3n) is 3.23. The van der Waals surface area contributed by atoms with Crippen LogP contribution in [0, 0.1) is 6.92 Å². The van der Waals surface area contributed by atoms with Crippen LogP contribution in [-0.4, -0.2) is 11.3 Å². The van der Waals surface area contributed by atoms with Crippen molar-refractivity contribution >= 4 is 17.2 Å². The average Bonchev–Trinajstić information content (AvgIpc) is 2.62. The molecule has 16 heavy (non-hydrogen) atoms. The lowest BCUT2D eigenvalue weighted by Gasteiger charge is -2.12. The van der Waals surface area contributed by atoms with E-state index in [1.165, 1.54) is 22.2 Å². The summed E-state index contributed by atoms with van der Waals surface area (Å²) in [5.41, 5.74) is 3.67. The molecule has 2 rings (SSSR count). The number of fused-ring (bicyclic) bond motifs is 1. The SMILES string of the molecule is CCC(CC=O)c1c(C)[nH]c2ccccc12. The summed E-state index contributed by atoms with van der Waals surface area (Å²) in [6.07, 6.45) is 2.63. The summed E-state index contributed by atoms with van der Waals surface area (Å²) >= 11 is 0. The van der Waals surface area contributed by atoms with Gasteiger partial charge in [-0.2, -0.15) is 0 Å². The number of carbonyl (C=O) groups is 1. The highest BCUT2D eigenvalue weighted by atomic mass is 16.1. The Hall–Kier alpha value is -1.57. The monoisotopic (exact) mass is 215 g/mol. The van der Waals surface area contributed by atoms with Crippen LogP contribution in [0.5, 0.6) is 0 Å². The van der Waals surface area contributed by atoms with Gasteiger partial charge in [-0.05, 0) is 30.9 Å². The number of rotatable bonds is 4. The van der Waals surface area contributed by atoms with E-state index >= 15 is 0 Å². The maximum absolute atomic E-state index is 10.7. The molecule has 0 amide bonds. The Balaban J connectivity index is 2.57. The Morgan fingerprint density at radius 1 is 1.38 bits per heavy atom. The molecule has 0 aliphatic rings. The quantitative estimate of drug-likeness (QED) is 0.777. The van der Waals surface area contributed by atoms with Crippen LogP contribution in [0.4, 0.5) is 0 Å². The zero-order valence-corrected chi connectivity index (χ0v) is 9.79. The Bertz CT molecular complexity index is 498. The van der Waals surface area contributed by atoms with Crippen LogP contribution in [0.3, 0.4) is 0 Å². The van der Waals surface area contributed by atoms with Crippen molar-refractivity contribution < 1.29 is 4.79 Å². The van der Waals surface area contributed by atoms with Crippen molar-refractivity contribution in [1.29, 1.82) is 0 Å². The molecule has 84 valence electrons. The number of nitrogens with one attached hydrogen (secondary N) is 1. The van der Waals surface area contributed by atoms with Gasteiger partial charge in [-0.25, -0.2) is 0 Å². The highest BCUT2D eigenvalue weighted by Gasteiger charge is 2.16. The standard InChI is InChI=1S/C14H17NO/c1-3-11(8-9-16)14-10(2)15-13-7-5-4-6-12(13)14/h4-7,9,11,15H,3,8H2,1-2H3. The molecule has 0 aliphatic carbocycles. The third kappa shape index (κ3) is 1.75. The fourth-order valence-corrected chi connectivity index (χ4v) is 2.43. The van der Waals surface area contributed by atoms with Gasteiger partial charge in [0.2, 0.25) is 0 Å². The number of carbonyl (C=O) groups excluding carboxylic acids is 1. The second kappa shape index (κ2) is 4.52. The highest BCUT2D eigenvalue weighted by molar-refractivity contribution is 5.85. The van der Waals surface area contributed by atoms with Gasteiger partial charge in [0.05, 0.1) is 0 Å². The highest BCUT2D eigenvalue weighted by Crippen LogP contribution is 2.32. The molecule has 1 heterocycles. The number of aromatic nitrogens is 1. The minimum absolute atomic E-state index is 0.341. The van der Waals surface area contributed by atoms with E-state index in [-0.39, 0.29) is 0 Å².